The van der Waals surface area contributed by atoms with E-state index in [1.807, 2.05) is 6.07 Å². The minimum absolute atomic E-state index is 0.0179. The molecule has 1 fully saturated rings. The van der Waals surface area contributed by atoms with E-state index in [-0.39, 0.29) is 12.1 Å². The van der Waals surface area contributed by atoms with E-state index in [9.17, 15) is 4.79 Å². The second-order valence-electron chi connectivity index (χ2n) is 4.60. The van der Waals surface area contributed by atoms with Crippen LogP contribution >= 0.6 is 0 Å². The predicted octanol–water partition coefficient (Wildman–Crippen LogP) is 1.81. The second kappa shape index (κ2) is 5.65. The Kier molecular flexibility index (Phi) is 3.96. The van der Waals surface area contributed by atoms with Gasteiger partial charge in [-0.25, -0.2) is 4.79 Å². The SMILES string of the molecule is CN1CCC(OC(=O)c2ccc(C#N)cc2)CC1. The van der Waals surface area contributed by atoms with Crippen molar-refractivity contribution in [2.75, 3.05) is 20.1 Å². The number of piperidine rings is 1. The molecule has 0 bridgehead atoms. The van der Waals surface area contributed by atoms with E-state index in [1.54, 1.807) is 24.3 Å². The van der Waals surface area contributed by atoms with Crippen molar-refractivity contribution in [3.8, 4) is 6.07 Å². The van der Waals surface area contributed by atoms with Crippen molar-refractivity contribution in [1.82, 2.24) is 4.90 Å². The summed E-state index contributed by atoms with van der Waals surface area (Å²) >= 11 is 0. The fourth-order valence-corrected chi connectivity index (χ4v) is 2.00. The highest BCUT2D eigenvalue weighted by Crippen LogP contribution is 2.14. The molecular formula is C14H16N2O2. The van der Waals surface area contributed by atoms with Crippen LogP contribution in [0.5, 0.6) is 0 Å². The molecule has 1 aliphatic heterocycles. The number of nitriles is 1. The van der Waals surface area contributed by atoms with Gasteiger partial charge in [-0.1, -0.05) is 0 Å². The highest BCUT2D eigenvalue weighted by atomic mass is 16.5. The van der Waals surface area contributed by atoms with Gasteiger partial charge in [-0.3, -0.25) is 0 Å². The Morgan fingerprint density at radius 3 is 2.50 bits per heavy atom. The Morgan fingerprint density at radius 2 is 1.94 bits per heavy atom. The van der Waals surface area contributed by atoms with E-state index >= 15 is 0 Å². The topological polar surface area (TPSA) is 53.3 Å². The fourth-order valence-electron chi connectivity index (χ4n) is 2.00. The summed E-state index contributed by atoms with van der Waals surface area (Å²) in [5, 5.41) is 8.68. The maximum Gasteiger partial charge on any atom is 0.338 e. The van der Waals surface area contributed by atoms with Crippen LogP contribution in [0.4, 0.5) is 0 Å². The van der Waals surface area contributed by atoms with E-state index < -0.39 is 0 Å². The lowest BCUT2D eigenvalue weighted by molar-refractivity contribution is 0.0139. The van der Waals surface area contributed by atoms with Crippen molar-refractivity contribution in [3.63, 3.8) is 0 Å². The second-order valence-corrected chi connectivity index (χ2v) is 4.60. The van der Waals surface area contributed by atoms with Crippen LogP contribution in [0, 0.1) is 11.3 Å². The molecule has 0 spiro atoms. The molecule has 0 unspecified atom stereocenters. The number of rotatable bonds is 2. The average molecular weight is 244 g/mol. The third kappa shape index (κ3) is 3.08. The maximum absolute atomic E-state index is 11.9. The number of likely N-dealkylation sites (tertiary alicyclic amines) is 1. The number of esters is 1. The highest BCUT2D eigenvalue weighted by Gasteiger charge is 2.20. The monoisotopic (exact) mass is 244 g/mol. The van der Waals surface area contributed by atoms with Crippen molar-refractivity contribution in [3.05, 3.63) is 35.4 Å². The standard InChI is InChI=1S/C14H16N2O2/c1-16-8-6-13(7-9-16)18-14(17)12-4-2-11(10-15)3-5-12/h2-5,13H,6-9H2,1H3. The third-order valence-corrected chi connectivity index (χ3v) is 3.19. The molecule has 0 N–H and O–H groups in total. The van der Waals surface area contributed by atoms with Gasteiger partial charge < -0.3 is 9.64 Å². The molecule has 4 heteroatoms. The molecular weight excluding hydrogens is 228 g/mol. The van der Waals surface area contributed by atoms with Crippen LogP contribution in [-0.2, 0) is 4.74 Å². The normalized spacial score (nSPS) is 17.1. The number of hydrogen-bond acceptors (Lipinski definition) is 4. The zero-order valence-corrected chi connectivity index (χ0v) is 10.4. The van der Waals surface area contributed by atoms with Crippen LogP contribution in [0.2, 0.25) is 0 Å². The molecule has 1 aromatic rings. The van der Waals surface area contributed by atoms with E-state index in [2.05, 4.69) is 11.9 Å². The smallest absolute Gasteiger partial charge is 0.338 e. The van der Waals surface area contributed by atoms with E-state index in [0.717, 1.165) is 25.9 Å². The van der Waals surface area contributed by atoms with Crippen LogP contribution in [-0.4, -0.2) is 37.1 Å². The van der Waals surface area contributed by atoms with Gasteiger partial charge in [-0.2, -0.15) is 5.26 Å². The van der Waals surface area contributed by atoms with Crippen molar-refractivity contribution in [1.29, 1.82) is 5.26 Å². The summed E-state index contributed by atoms with van der Waals surface area (Å²) in [5.74, 6) is -0.297. The average Bonchev–Trinajstić information content (AvgIpc) is 2.41. The van der Waals surface area contributed by atoms with Crippen molar-refractivity contribution < 1.29 is 9.53 Å². The quantitative estimate of drug-likeness (QED) is 0.744. The molecule has 2 rings (SSSR count). The molecule has 0 amide bonds. The molecule has 0 aliphatic carbocycles. The summed E-state index contributed by atoms with van der Waals surface area (Å²) in [5.41, 5.74) is 1.05. The third-order valence-electron chi connectivity index (χ3n) is 3.19. The molecule has 1 heterocycles. The summed E-state index contributed by atoms with van der Waals surface area (Å²) in [7, 11) is 2.07. The van der Waals surface area contributed by atoms with Gasteiger partial charge in [0.15, 0.2) is 0 Å². The number of carbonyl (C=O) groups excluding carboxylic acids is 1. The van der Waals surface area contributed by atoms with Gasteiger partial charge in [-0.05, 0) is 44.2 Å². The van der Waals surface area contributed by atoms with Crippen LogP contribution in [0.1, 0.15) is 28.8 Å². The van der Waals surface area contributed by atoms with E-state index in [1.165, 1.54) is 0 Å². The number of carbonyl (C=O) groups is 1. The molecule has 1 saturated heterocycles. The first-order valence-corrected chi connectivity index (χ1v) is 6.09. The van der Waals surface area contributed by atoms with Crippen LogP contribution < -0.4 is 0 Å². The van der Waals surface area contributed by atoms with Gasteiger partial charge in [-0.15, -0.1) is 0 Å². The van der Waals surface area contributed by atoms with Gasteiger partial charge in [0.25, 0.3) is 0 Å². The molecule has 0 radical (unpaired) electrons. The van der Waals surface area contributed by atoms with Gasteiger partial charge in [0.05, 0.1) is 17.2 Å². The van der Waals surface area contributed by atoms with Gasteiger partial charge in [0, 0.05) is 13.1 Å². The maximum atomic E-state index is 11.9. The number of hydrogen-bond donors (Lipinski definition) is 0. The Morgan fingerprint density at radius 1 is 1.33 bits per heavy atom. The van der Waals surface area contributed by atoms with Gasteiger partial charge >= 0.3 is 5.97 Å². The molecule has 18 heavy (non-hydrogen) atoms. The Bertz CT molecular complexity index is 454. The Hall–Kier alpha value is -1.86. The summed E-state index contributed by atoms with van der Waals surface area (Å²) in [4.78, 5) is 14.1. The lowest BCUT2D eigenvalue weighted by Crippen LogP contribution is -2.35. The molecule has 1 aromatic carbocycles. The van der Waals surface area contributed by atoms with Crippen molar-refractivity contribution in [2.45, 2.75) is 18.9 Å². The summed E-state index contributed by atoms with van der Waals surface area (Å²) < 4.78 is 5.45. The van der Waals surface area contributed by atoms with E-state index in [0.29, 0.717) is 11.1 Å². The number of nitrogens with zero attached hydrogens (tertiary/aromatic N) is 2. The molecule has 4 nitrogen and oxygen atoms in total. The summed E-state index contributed by atoms with van der Waals surface area (Å²) in [6.45, 7) is 1.93. The van der Waals surface area contributed by atoms with Gasteiger partial charge in [0.1, 0.15) is 6.10 Å². The van der Waals surface area contributed by atoms with Crippen molar-refractivity contribution >= 4 is 5.97 Å². The zero-order chi connectivity index (χ0) is 13.0. The summed E-state index contributed by atoms with van der Waals surface area (Å²) in [6.07, 6.45) is 1.79. The molecule has 0 saturated carbocycles. The minimum Gasteiger partial charge on any atom is -0.459 e. The highest BCUT2D eigenvalue weighted by molar-refractivity contribution is 5.89. The van der Waals surface area contributed by atoms with Crippen LogP contribution in [0.15, 0.2) is 24.3 Å². The van der Waals surface area contributed by atoms with E-state index in [4.69, 9.17) is 10.00 Å². The minimum atomic E-state index is -0.297. The predicted molar refractivity (Wildman–Crippen MR) is 67.1 cm³/mol. The Labute approximate surface area is 107 Å². The lowest BCUT2D eigenvalue weighted by Gasteiger charge is -2.28. The first-order chi connectivity index (χ1) is 8.69. The molecule has 1 aliphatic rings. The van der Waals surface area contributed by atoms with Crippen LogP contribution in [0.25, 0.3) is 0 Å². The molecule has 0 aromatic heterocycles. The summed E-state index contributed by atoms with van der Waals surface area (Å²) in [6, 6.07) is 8.55. The lowest BCUT2D eigenvalue weighted by atomic mass is 10.1. The van der Waals surface area contributed by atoms with Gasteiger partial charge in [0.2, 0.25) is 0 Å². The first kappa shape index (κ1) is 12.6. The first-order valence-electron chi connectivity index (χ1n) is 6.09. The number of benzene rings is 1. The largest absolute Gasteiger partial charge is 0.459 e. The zero-order valence-electron chi connectivity index (χ0n) is 10.4. The number of ether oxygens (including phenoxy) is 1. The molecule has 0 atom stereocenters. The van der Waals surface area contributed by atoms with Crippen LogP contribution in [0.3, 0.4) is 0 Å². The molecule has 94 valence electrons. The van der Waals surface area contributed by atoms with Crippen molar-refractivity contribution in [2.24, 2.45) is 0 Å². The fraction of sp³-hybridized carbons (Fsp3) is 0.429. The Balaban J connectivity index is 1.93.